The molecule has 120 valence electrons. The number of hydrogen-bond donors (Lipinski definition) is 0. The minimum absolute atomic E-state index is 0.103. The Morgan fingerprint density at radius 3 is 2.00 bits per heavy atom. The van der Waals surface area contributed by atoms with E-state index in [1.807, 2.05) is 0 Å². The number of methoxy groups -OCH3 is 3. The van der Waals surface area contributed by atoms with Gasteiger partial charge < -0.3 is 14.2 Å². The van der Waals surface area contributed by atoms with Crippen molar-refractivity contribution in [1.82, 2.24) is 0 Å². The minimum atomic E-state index is -0.970. The molecule has 0 aliphatic rings. The van der Waals surface area contributed by atoms with Crippen LogP contribution >= 0.6 is 15.9 Å². The Hall–Kier alpha value is 0.1000. The lowest BCUT2D eigenvalue weighted by Gasteiger charge is -2.35. The highest BCUT2D eigenvalue weighted by molar-refractivity contribution is 9.09. The molecule has 0 spiro atoms. The van der Waals surface area contributed by atoms with E-state index in [1.54, 1.807) is 21.3 Å². The minimum Gasteiger partial charge on any atom is -0.330 e. The van der Waals surface area contributed by atoms with Gasteiger partial charge in [0, 0.05) is 26.7 Å². The molecule has 0 N–H and O–H groups in total. The molecule has 0 saturated carbocycles. The third-order valence-corrected chi connectivity index (χ3v) is 4.01. The maximum Gasteiger partial charge on any atom is 0.288 e. The van der Waals surface area contributed by atoms with Crippen molar-refractivity contribution in [1.29, 1.82) is 0 Å². The fourth-order valence-corrected chi connectivity index (χ4v) is 2.67. The van der Waals surface area contributed by atoms with Crippen molar-refractivity contribution in [3.63, 3.8) is 0 Å². The van der Waals surface area contributed by atoms with Crippen molar-refractivity contribution < 1.29 is 14.2 Å². The molecule has 4 heteroatoms. The average Bonchev–Trinajstić information content (AvgIpc) is 2.49. The maximum absolute atomic E-state index is 5.48. The van der Waals surface area contributed by atoms with Crippen LogP contribution in [0.5, 0.6) is 0 Å². The lowest BCUT2D eigenvalue weighted by molar-refractivity contribution is -0.372. The van der Waals surface area contributed by atoms with Crippen molar-refractivity contribution >= 4 is 15.9 Å². The van der Waals surface area contributed by atoms with E-state index >= 15 is 0 Å². The maximum atomic E-state index is 5.48. The number of allylic oxidation sites excluding steroid dienone is 1. The van der Waals surface area contributed by atoms with E-state index in [0.29, 0.717) is 0 Å². The molecule has 0 bridgehead atoms. The normalized spacial score (nSPS) is 14.1. The molecule has 1 unspecified atom stereocenters. The van der Waals surface area contributed by atoms with Gasteiger partial charge in [-0.1, -0.05) is 73.5 Å². The van der Waals surface area contributed by atoms with Crippen molar-refractivity contribution in [2.75, 3.05) is 26.7 Å². The molecule has 0 rings (SSSR count). The Labute approximate surface area is 133 Å². The van der Waals surface area contributed by atoms with Gasteiger partial charge in [-0.05, 0) is 6.42 Å². The van der Waals surface area contributed by atoms with Crippen LogP contribution in [0.4, 0.5) is 0 Å². The van der Waals surface area contributed by atoms with Gasteiger partial charge in [0.25, 0.3) is 5.97 Å². The van der Waals surface area contributed by atoms with Crippen molar-refractivity contribution in [3.05, 3.63) is 12.2 Å². The molecule has 0 radical (unpaired) electrons. The first kappa shape index (κ1) is 20.1. The van der Waals surface area contributed by atoms with E-state index in [4.69, 9.17) is 14.2 Å². The van der Waals surface area contributed by atoms with E-state index in [1.165, 1.54) is 38.5 Å². The fraction of sp³-hybridized carbons (Fsp3) is 0.875. The smallest absolute Gasteiger partial charge is 0.288 e. The highest BCUT2D eigenvalue weighted by Crippen LogP contribution is 2.30. The molecule has 3 nitrogen and oxygen atoms in total. The van der Waals surface area contributed by atoms with Crippen LogP contribution in [0.2, 0.25) is 0 Å². The van der Waals surface area contributed by atoms with E-state index < -0.39 is 5.97 Å². The predicted octanol–water partition coefficient (Wildman–Crippen LogP) is 4.90. The summed E-state index contributed by atoms with van der Waals surface area (Å²) in [6.45, 7) is 2.24. The zero-order valence-electron chi connectivity index (χ0n) is 13.5. The monoisotopic (exact) mass is 350 g/mol. The molecule has 0 saturated heterocycles. The molecule has 0 amide bonds. The predicted molar refractivity (Wildman–Crippen MR) is 88.2 cm³/mol. The van der Waals surface area contributed by atoms with Gasteiger partial charge in [0.05, 0.1) is 5.92 Å². The fourth-order valence-electron chi connectivity index (χ4n) is 2.46. The van der Waals surface area contributed by atoms with Crippen LogP contribution in [0, 0.1) is 5.92 Å². The Morgan fingerprint density at radius 2 is 1.50 bits per heavy atom. The number of hydrogen-bond acceptors (Lipinski definition) is 3. The molecule has 0 aliphatic heterocycles. The third-order valence-electron chi connectivity index (χ3n) is 3.63. The van der Waals surface area contributed by atoms with Gasteiger partial charge in [0.15, 0.2) is 0 Å². The SMILES string of the molecule is CCCCCCCCC(C=CCBr)C(OC)(OC)OC. The average molecular weight is 351 g/mol. The standard InChI is InChI=1S/C16H31BrO3/c1-5-6-7-8-9-10-12-15(13-11-14-17)16(18-2,19-3)20-4/h11,13,15H,5-10,12,14H2,1-4H3. The Morgan fingerprint density at radius 1 is 0.950 bits per heavy atom. The van der Waals surface area contributed by atoms with Crippen molar-refractivity contribution in [2.24, 2.45) is 5.92 Å². The first-order valence-electron chi connectivity index (χ1n) is 7.58. The number of unbranched alkanes of at least 4 members (excludes halogenated alkanes) is 5. The number of ether oxygens (including phenoxy) is 3. The van der Waals surface area contributed by atoms with E-state index in [2.05, 4.69) is 35.0 Å². The largest absolute Gasteiger partial charge is 0.330 e. The topological polar surface area (TPSA) is 27.7 Å². The zero-order chi connectivity index (χ0) is 15.3. The first-order valence-corrected chi connectivity index (χ1v) is 8.70. The lowest BCUT2D eigenvalue weighted by Crippen LogP contribution is -2.43. The first-order chi connectivity index (χ1) is 9.70. The van der Waals surface area contributed by atoms with Crippen LogP contribution < -0.4 is 0 Å². The second-order valence-electron chi connectivity index (χ2n) is 4.96. The van der Waals surface area contributed by atoms with Crippen LogP contribution in [0.3, 0.4) is 0 Å². The molecule has 20 heavy (non-hydrogen) atoms. The quantitative estimate of drug-likeness (QED) is 0.204. The molecule has 0 fully saturated rings. The molecule has 0 aromatic carbocycles. The molecule has 0 aromatic heterocycles. The van der Waals surface area contributed by atoms with Crippen molar-refractivity contribution in [2.45, 2.75) is 57.8 Å². The summed E-state index contributed by atoms with van der Waals surface area (Å²) in [5, 5.41) is 0.827. The second-order valence-corrected chi connectivity index (χ2v) is 5.61. The molecule has 0 aliphatic carbocycles. The Kier molecular flexibility index (Phi) is 12.9. The third kappa shape index (κ3) is 7.21. The van der Waals surface area contributed by atoms with Crippen LogP contribution in [0.25, 0.3) is 0 Å². The van der Waals surface area contributed by atoms with Crippen LogP contribution in [-0.4, -0.2) is 32.6 Å². The summed E-state index contributed by atoms with van der Waals surface area (Å²) < 4.78 is 16.4. The summed E-state index contributed by atoms with van der Waals surface area (Å²) in [5.74, 6) is -0.867. The highest BCUT2D eigenvalue weighted by Gasteiger charge is 2.37. The summed E-state index contributed by atoms with van der Waals surface area (Å²) in [5.41, 5.74) is 0. The van der Waals surface area contributed by atoms with Gasteiger partial charge in [0.1, 0.15) is 0 Å². The molecular weight excluding hydrogens is 320 g/mol. The van der Waals surface area contributed by atoms with E-state index in [9.17, 15) is 0 Å². The van der Waals surface area contributed by atoms with Gasteiger partial charge in [-0.3, -0.25) is 0 Å². The summed E-state index contributed by atoms with van der Waals surface area (Å²) in [6.07, 6.45) is 12.9. The molecular formula is C16H31BrO3. The zero-order valence-corrected chi connectivity index (χ0v) is 15.1. The Bertz CT molecular complexity index is 232. The van der Waals surface area contributed by atoms with Crippen LogP contribution in [0.15, 0.2) is 12.2 Å². The lowest BCUT2D eigenvalue weighted by atomic mass is 9.97. The Balaban J connectivity index is 4.37. The molecule has 0 heterocycles. The summed E-state index contributed by atoms with van der Waals surface area (Å²) in [7, 11) is 4.88. The molecule has 0 aromatic rings. The number of halogens is 1. The van der Waals surface area contributed by atoms with Gasteiger partial charge in [0.2, 0.25) is 0 Å². The summed E-state index contributed by atoms with van der Waals surface area (Å²) in [4.78, 5) is 0. The van der Waals surface area contributed by atoms with E-state index in [0.717, 1.165) is 11.8 Å². The number of rotatable bonds is 13. The summed E-state index contributed by atoms with van der Waals surface area (Å²) >= 11 is 3.41. The van der Waals surface area contributed by atoms with Gasteiger partial charge in [-0.25, -0.2) is 0 Å². The van der Waals surface area contributed by atoms with Gasteiger partial charge in [-0.2, -0.15) is 0 Å². The molecule has 1 atom stereocenters. The number of alkyl halides is 1. The second kappa shape index (κ2) is 12.8. The van der Waals surface area contributed by atoms with Crippen molar-refractivity contribution in [3.8, 4) is 0 Å². The van der Waals surface area contributed by atoms with Gasteiger partial charge >= 0.3 is 0 Å². The van der Waals surface area contributed by atoms with E-state index in [-0.39, 0.29) is 5.92 Å². The highest BCUT2D eigenvalue weighted by atomic mass is 79.9. The van der Waals surface area contributed by atoms with Gasteiger partial charge in [-0.15, -0.1) is 0 Å². The summed E-state index contributed by atoms with van der Waals surface area (Å²) in [6, 6.07) is 0. The van der Waals surface area contributed by atoms with Crippen LogP contribution in [0.1, 0.15) is 51.9 Å². The van der Waals surface area contributed by atoms with Crippen LogP contribution in [-0.2, 0) is 14.2 Å².